The Morgan fingerprint density at radius 2 is 1.61 bits per heavy atom. The maximum absolute atomic E-state index is 12.3. The van der Waals surface area contributed by atoms with E-state index in [4.69, 9.17) is 11.6 Å². The zero-order valence-electron chi connectivity index (χ0n) is 15.4. The predicted octanol–water partition coefficient (Wildman–Crippen LogP) is 2.61. The van der Waals surface area contributed by atoms with Crippen LogP contribution in [0, 0.1) is 13.8 Å². The van der Waals surface area contributed by atoms with Gasteiger partial charge in [-0.05, 0) is 56.3 Å². The number of aromatic nitrogens is 2. The lowest BCUT2D eigenvalue weighted by atomic mass is 10.1. The molecule has 0 fully saturated rings. The lowest BCUT2D eigenvalue weighted by Gasteiger charge is -2.09. The summed E-state index contributed by atoms with van der Waals surface area (Å²) < 4.78 is 26.8. The molecule has 2 aromatic carbocycles. The number of fused-ring (bicyclic) bond motifs is 1. The topological polar surface area (TPSA) is 101 Å². The SMILES string of the molecule is Cc1nc2ccc(C(=O)NCCNS(=O)(=O)c3ccc(Cl)cc3)cc2nc1C. The van der Waals surface area contributed by atoms with Gasteiger partial charge in [0.05, 0.1) is 27.3 Å². The molecule has 0 saturated carbocycles. The Kier molecular flexibility index (Phi) is 5.93. The number of carbonyl (C=O) groups is 1. The van der Waals surface area contributed by atoms with Crippen LogP contribution >= 0.6 is 11.6 Å². The van der Waals surface area contributed by atoms with E-state index < -0.39 is 10.0 Å². The number of amides is 1. The van der Waals surface area contributed by atoms with Gasteiger partial charge in [0, 0.05) is 23.7 Å². The minimum absolute atomic E-state index is 0.0579. The van der Waals surface area contributed by atoms with Crippen LogP contribution in [0.1, 0.15) is 21.7 Å². The molecule has 0 saturated heterocycles. The highest BCUT2D eigenvalue weighted by molar-refractivity contribution is 7.89. The van der Waals surface area contributed by atoms with Gasteiger partial charge in [0.25, 0.3) is 5.91 Å². The molecule has 1 aromatic heterocycles. The Hall–Kier alpha value is -2.55. The smallest absolute Gasteiger partial charge is 0.251 e. The number of nitrogens with zero attached hydrogens (tertiary/aromatic N) is 2. The second kappa shape index (κ2) is 8.22. The lowest BCUT2D eigenvalue weighted by Crippen LogP contribution is -2.34. The maximum atomic E-state index is 12.3. The molecular weight excluding hydrogens is 400 g/mol. The largest absolute Gasteiger partial charge is 0.351 e. The van der Waals surface area contributed by atoms with Crippen molar-refractivity contribution in [3.8, 4) is 0 Å². The molecule has 3 rings (SSSR count). The van der Waals surface area contributed by atoms with Crippen molar-refractivity contribution < 1.29 is 13.2 Å². The van der Waals surface area contributed by atoms with Crippen LogP contribution in [0.25, 0.3) is 11.0 Å². The fourth-order valence-electron chi connectivity index (χ4n) is 2.53. The molecule has 3 aromatic rings. The molecule has 0 bridgehead atoms. The van der Waals surface area contributed by atoms with Crippen LogP contribution in [0.15, 0.2) is 47.4 Å². The van der Waals surface area contributed by atoms with Crippen molar-refractivity contribution in [2.45, 2.75) is 18.7 Å². The van der Waals surface area contributed by atoms with E-state index in [9.17, 15) is 13.2 Å². The highest BCUT2D eigenvalue weighted by Gasteiger charge is 2.13. The summed E-state index contributed by atoms with van der Waals surface area (Å²) in [5.41, 5.74) is 3.44. The van der Waals surface area contributed by atoms with Gasteiger partial charge in [0.2, 0.25) is 10.0 Å². The number of hydrogen-bond acceptors (Lipinski definition) is 5. The van der Waals surface area contributed by atoms with Gasteiger partial charge in [-0.1, -0.05) is 11.6 Å². The highest BCUT2D eigenvalue weighted by Crippen LogP contribution is 2.15. The molecule has 1 heterocycles. The first-order valence-corrected chi connectivity index (χ1v) is 10.4. The molecule has 0 aliphatic carbocycles. The average molecular weight is 419 g/mol. The third-order valence-corrected chi connectivity index (χ3v) is 5.89. The van der Waals surface area contributed by atoms with E-state index in [2.05, 4.69) is 20.0 Å². The molecule has 7 nitrogen and oxygen atoms in total. The van der Waals surface area contributed by atoms with Crippen LogP contribution in [0.3, 0.4) is 0 Å². The van der Waals surface area contributed by atoms with Crippen LogP contribution in [0.5, 0.6) is 0 Å². The third-order valence-electron chi connectivity index (χ3n) is 4.16. The van der Waals surface area contributed by atoms with Crippen molar-refractivity contribution >= 4 is 38.6 Å². The van der Waals surface area contributed by atoms with Crippen molar-refractivity contribution in [3.63, 3.8) is 0 Å². The van der Waals surface area contributed by atoms with E-state index in [0.29, 0.717) is 16.1 Å². The van der Waals surface area contributed by atoms with Crippen LogP contribution in [0.4, 0.5) is 0 Å². The van der Waals surface area contributed by atoms with Crippen LogP contribution < -0.4 is 10.0 Å². The van der Waals surface area contributed by atoms with Gasteiger partial charge in [-0.15, -0.1) is 0 Å². The van der Waals surface area contributed by atoms with Gasteiger partial charge in [0.1, 0.15) is 0 Å². The van der Waals surface area contributed by atoms with Crippen molar-refractivity contribution in [2.24, 2.45) is 0 Å². The molecule has 0 radical (unpaired) electrons. The summed E-state index contributed by atoms with van der Waals surface area (Å²) in [6.45, 7) is 3.94. The summed E-state index contributed by atoms with van der Waals surface area (Å²) in [6.07, 6.45) is 0. The monoisotopic (exact) mass is 418 g/mol. The van der Waals surface area contributed by atoms with Crippen molar-refractivity contribution in [2.75, 3.05) is 13.1 Å². The molecule has 28 heavy (non-hydrogen) atoms. The van der Waals surface area contributed by atoms with E-state index in [1.54, 1.807) is 18.2 Å². The molecule has 2 N–H and O–H groups in total. The van der Waals surface area contributed by atoms with E-state index in [1.165, 1.54) is 24.3 Å². The second-order valence-electron chi connectivity index (χ2n) is 6.21. The number of aryl methyl sites for hydroxylation is 2. The summed E-state index contributed by atoms with van der Waals surface area (Å²) in [5.74, 6) is -0.312. The second-order valence-corrected chi connectivity index (χ2v) is 8.41. The number of halogens is 1. The highest BCUT2D eigenvalue weighted by atomic mass is 35.5. The molecule has 1 amide bonds. The fourth-order valence-corrected chi connectivity index (χ4v) is 3.69. The number of hydrogen-bond donors (Lipinski definition) is 2. The Morgan fingerprint density at radius 3 is 2.29 bits per heavy atom. The van der Waals surface area contributed by atoms with Crippen molar-refractivity contribution in [1.29, 1.82) is 0 Å². The first kappa shape index (κ1) is 20.2. The molecule has 0 unspecified atom stereocenters. The van der Waals surface area contributed by atoms with Gasteiger partial charge in [-0.3, -0.25) is 4.79 Å². The molecular formula is C19H19ClN4O3S. The van der Waals surface area contributed by atoms with Crippen molar-refractivity contribution in [1.82, 2.24) is 20.0 Å². The molecule has 0 atom stereocenters. The normalized spacial score (nSPS) is 11.5. The quantitative estimate of drug-likeness (QED) is 0.599. The van der Waals surface area contributed by atoms with Gasteiger partial charge in [-0.25, -0.2) is 23.1 Å². The van der Waals surface area contributed by atoms with Gasteiger partial charge < -0.3 is 5.32 Å². The summed E-state index contributed by atoms with van der Waals surface area (Å²) in [7, 11) is -3.66. The summed E-state index contributed by atoms with van der Waals surface area (Å²) in [6, 6.07) is 10.9. The van der Waals surface area contributed by atoms with Crippen molar-refractivity contribution in [3.05, 3.63) is 64.4 Å². The molecule has 0 aliphatic heterocycles. The predicted molar refractivity (Wildman–Crippen MR) is 108 cm³/mol. The Balaban J connectivity index is 1.59. The Bertz CT molecular complexity index is 1130. The van der Waals surface area contributed by atoms with Crippen LogP contribution in [-0.2, 0) is 10.0 Å². The number of sulfonamides is 1. The van der Waals surface area contributed by atoms with Crippen LogP contribution in [0.2, 0.25) is 5.02 Å². The lowest BCUT2D eigenvalue weighted by molar-refractivity contribution is 0.0954. The standard InChI is InChI=1S/C19H19ClN4O3S/c1-12-13(2)24-18-11-14(3-8-17(18)23-12)19(25)21-9-10-22-28(26,27)16-6-4-15(20)5-7-16/h3-8,11,22H,9-10H2,1-2H3,(H,21,25). The van der Waals surface area contributed by atoms with E-state index in [-0.39, 0.29) is 23.9 Å². The summed E-state index contributed by atoms with van der Waals surface area (Å²) >= 11 is 5.76. The number of rotatable bonds is 6. The minimum atomic E-state index is -3.66. The van der Waals surface area contributed by atoms with Gasteiger partial charge in [0.15, 0.2) is 0 Å². The molecule has 146 valence electrons. The Labute approximate surface area is 168 Å². The zero-order chi connectivity index (χ0) is 20.3. The fraction of sp³-hybridized carbons (Fsp3) is 0.211. The molecule has 9 heteroatoms. The Morgan fingerprint density at radius 1 is 0.964 bits per heavy atom. The maximum Gasteiger partial charge on any atom is 0.251 e. The third kappa shape index (κ3) is 4.64. The summed E-state index contributed by atoms with van der Waals surface area (Å²) in [4.78, 5) is 21.3. The number of nitrogens with one attached hydrogen (secondary N) is 2. The number of carbonyl (C=O) groups excluding carboxylic acids is 1. The molecule has 0 spiro atoms. The first-order chi connectivity index (χ1) is 13.3. The summed E-state index contributed by atoms with van der Waals surface area (Å²) in [5, 5.41) is 3.14. The van der Waals surface area contributed by atoms with E-state index in [0.717, 1.165) is 16.9 Å². The number of benzene rings is 2. The first-order valence-electron chi connectivity index (χ1n) is 8.55. The van der Waals surface area contributed by atoms with E-state index >= 15 is 0 Å². The minimum Gasteiger partial charge on any atom is -0.351 e. The molecule has 0 aliphatic rings. The zero-order valence-corrected chi connectivity index (χ0v) is 16.9. The van der Waals surface area contributed by atoms with Crippen LogP contribution in [-0.4, -0.2) is 37.4 Å². The van der Waals surface area contributed by atoms with E-state index in [1.807, 2.05) is 13.8 Å². The average Bonchev–Trinajstić information content (AvgIpc) is 2.66. The van der Waals surface area contributed by atoms with Gasteiger partial charge >= 0.3 is 0 Å². The van der Waals surface area contributed by atoms with Gasteiger partial charge in [-0.2, -0.15) is 0 Å².